The van der Waals surface area contributed by atoms with E-state index in [1.807, 2.05) is 71.6 Å². The first-order valence-corrected chi connectivity index (χ1v) is 22.5. The molecule has 0 bridgehead atoms. The standard InChI is InChI=1S/C47H44N2O9S2/c50-47(49-21-20-37-15-10-35(24-39(37)28-49)27-48-40-30-57-31-40)44-9-5-4-8-43(44)46-38(23-33-13-18-42(19-14-33)60(54,55)56)25-36(22-32-11-16-41(17-12-32)59(51,52)53)26-45(46)58-29-34-6-2-1-3-7-34/h1-19,24-26,40,48H,20-23,27-31H2,(H,51,52,53)(H,54,55,56). The molecule has 1 saturated heterocycles. The molecule has 0 atom stereocenters. The number of fused-ring (bicyclic) bond motifs is 1. The van der Waals surface area contributed by atoms with E-state index in [0.717, 1.165) is 51.9 Å². The molecular weight excluding hydrogens is 801 g/mol. The predicted molar refractivity (Wildman–Crippen MR) is 227 cm³/mol. The van der Waals surface area contributed by atoms with Crippen molar-refractivity contribution in [2.24, 2.45) is 0 Å². The lowest BCUT2D eigenvalue weighted by Crippen LogP contribution is -2.45. The van der Waals surface area contributed by atoms with Crippen LogP contribution in [0.2, 0.25) is 0 Å². The highest BCUT2D eigenvalue weighted by molar-refractivity contribution is 7.86. The van der Waals surface area contributed by atoms with E-state index in [1.165, 1.54) is 29.8 Å². The van der Waals surface area contributed by atoms with Crippen LogP contribution in [-0.4, -0.2) is 62.5 Å². The Kier molecular flexibility index (Phi) is 12.0. The van der Waals surface area contributed by atoms with Gasteiger partial charge in [-0.1, -0.05) is 97.1 Å². The summed E-state index contributed by atoms with van der Waals surface area (Å²) < 4.78 is 78.6. The van der Waals surface area contributed by atoms with E-state index in [0.29, 0.717) is 67.6 Å². The largest absolute Gasteiger partial charge is 0.488 e. The lowest BCUT2D eigenvalue weighted by Gasteiger charge is -2.31. The molecule has 13 heteroatoms. The van der Waals surface area contributed by atoms with Crippen LogP contribution >= 0.6 is 0 Å². The minimum Gasteiger partial charge on any atom is -0.488 e. The predicted octanol–water partition coefficient (Wildman–Crippen LogP) is 7.29. The van der Waals surface area contributed by atoms with Gasteiger partial charge in [0.2, 0.25) is 0 Å². The van der Waals surface area contributed by atoms with Crippen molar-refractivity contribution < 1.29 is 40.2 Å². The van der Waals surface area contributed by atoms with Crippen LogP contribution in [0.25, 0.3) is 11.1 Å². The third-order valence-corrected chi connectivity index (χ3v) is 12.7. The lowest BCUT2D eigenvalue weighted by atomic mass is 9.88. The first-order chi connectivity index (χ1) is 28.9. The second kappa shape index (κ2) is 17.5. The van der Waals surface area contributed by atoms with Crippen LogP contribution in [0.1, 0.15) is 54.9 Å². The van der Waals surface area contributed by atoms with E-state index < -0.39 is 20.2 Å². The SMILES string of the molecule is O=C(c1ccccc1-c1c(Cc2ccc(S(=O)(=O)O)cc2)cc(Cc2ccc(S(=O)(=O)O)cc2)cc1OCc1ccccc1)N1CCc2ccc(CNC3COC3)cc2C1. The molecule has 60 heavy (non-hydrogen) atoms. The third kappa shape index (κ3) is 9.68. The Labute approximate surface area is 350 Å². The molecule has 0 aliphatic carbocycles. The number of nitrogens with zero attached hydrogens (tertiary/aromatic N) is 1. The van der Waals surface area contributed by atoms with Crippen molar-refractivity contribution in [3.05, 3.63) is 184 Å². The number of benzene rings is 6. The van der Waals surface area contributed by atoms with Crippen LogP contribution < -0.4 is 10.1 Å². The molecule has 2 aliphatic rings. The summed E-state index contributed by atoms with van der Waals surface area (Å²) >= 11 is 0. The monoisotopic (exact) mass is 844 g/mol. The van der Waals surface area contributed by atoms with Gasteiger partial charge in [0.1, 0.15) is 12.4 Å². The Balaban J connectivity index is 1.19. The van der Waals surface area contributed by atoms with E-state index in [1.54, 1.807) is 24.3 Å². The maximum Gasteiger partial charge on any atom is 0.294 e. The van der Waals surface area contributed by atoms with Crippen LogP contribution in [0.15, 0.2) is 143 Å². The molecule has 3 N–H and O–H groups in total. The topological polar surface area (TPSA) is 160 Å². The van der Waals surface area contributed by atoms with Crippen molar-refractivity contribution in [1.82, 2.24) is 10.2 Å². The van der Waals surface area contributed by atoms with Crippen molar-refractivity contribution in [3.8, 4) is 16.9 Å². The van der Waals surface area contributed by atoms with Crippen LogP contribution in [0.5, 0.6) is 5.75 Å². The minimum atomic E-state index is -4.41. The van der Waals surface area contributed by atoms with Gasteiger partial charge in [-0.05, 0) is 106 Å². The highest BCUT2D eigenvalue weighted by atomic mass is 32.2. The Morgan fingerprint density at radius 2 is 1.32 bits per heavy atom. The number of nitrogens with one attached hydrogen (secondary N) is 1. The van der Waals surface area contributed by atoms with Gasteiger partial charge in [-0.2, -0.15) is 16.8 Å². The fraction of sp³-hybridized carbons (Fsp3) is 0.213. The van der Waals surface area contributed by atoms with Gasteiger partial charge in [0.05, 0.1) is 29.0 Å². The normalized spacial score (nSPS) is 14.3. The van der Waals surface area contributed by atoms with Crippen LogP contribution in [-0.2, 0) is 63.9 Å². The minimum absolute atomic E-state index is 0.119. The Morgan fingerprint density at radius 3 is 1.97 bits per heavy atom. The highest BCUT2D eigenvalue weighted by Gasteiger charge is 2.27. The average Bonchev–Trinajstić information content (AvgIpc) is 3.22. The van der Waals surface area contributed by atoms with Gasteiger partial charge in [0, 0.05) is 30.8 Å². The van der Waals surface area contributed by atoms with Crippen LogP contribution in [0.3, 0.4) is 0 Å². The molecule has 308 valence electrons. The first-order valence-electron chi connectivity index (χ1n) is 19.6. The second-order valence-corrected chi connectivity index (χ2v) is 18.1. The zero-order valence-corrected chi connectivity index (χ0v) is 34.3. The van der Waals surface area contributed by atoms with E-state index in [2.05, 4.69) is 23.5 Å². The lowest BCUT2D eigenvalue weighted by molar-refractivity contribution is -0.00579. The van der Waals surface area contributed by atoms with Crippen molar-refractivity contribution in [2.45, 2.75) is 54.8 Å². The summed E-state index contributed by atoms with van der Waals surface area (Å²) in [6.45, 7) is 3.39. The summed E-state index contributed by atoms with van der Waals surface area (Å²) in [5.41, 5.74) is 9.46. The number of carbonyl (C=O) groups excluding carboxylic acids is 1. The molecule has 1 amide bonds. The molecule has 0 unspecified atom stereocenters. The Morgan fingerprint density at radius 1 is 0.683 bits per heavy atom. The Hall–Kier alpha value is -5.67. The molecule has 6 aromatic rings. The smallest absolute Gasteiger partial charge is 0.294 e. The molecule has 0 saturated carbocycles. The highest BCUT2D eigenvalue weighted by Crippen LogP contribution is 2.40. The summed E-state index contributed by atoms with van der Waals surface area (Å²) in [6, 6.07) is 40.0. The maximum atomic E-state index is 14.8. The van der Waals surface area contributed by atoms with Gasteiger partial charge < -0.3 is 19.7 Å². The van der Waals surface area contributed by atoms with E-state index in [9.17, 15) is 30.7 Å². The van der Waals surface area contributed by atoms with Gasteiger partial charge in [-0.15, -0.1) is 0 Å². The summed E-state index contributed by atoms with van der Waals surface area (Å²) in [7, 11) is -8.79. The van der Waals surface area contributed by atoms with Gasteiger partial charge in [0.25, 0.3) is 26.1 Å². The van der Waals surface area contributed by atoms with Crippen molar-refractivity contribution in [1.29, 1.82) is 0 Å². The molecule has 6 aromatic carbocycles. The van der Waals surface area contributed by atoms with Crippen LogP contribution in [0.4, 0.5) is 0 Å². The summed E-state index contributed by atoms with van der Waals surface area (Å²) in [5, 5.41) is 3.52. The van der Waals surface area contributed by atoms with Gasteiger partial charge in [-0.3, -0.25) is 13.9 Å². The molecule has 0 spiro atoms. The number of ether oxygens (including phenoxy) is 2. The Bertz CT molecular complexity index is 2740. The molecule has 8 rings (SSSR count). The summed E-state index contributed by atoms with van der Waals surface area (Å²) in [6.07, 6.45) is 1.41. The zero-order chi connectivity index (χ0) is 41.9. The molecule has 0 aromatic heterocycles. The van der Waals surface area contributed by atoms with E-state index >= 15 is 0 Å². The molecule has 2 aliphatic heterocycles. The number of hydrogen-bond acceptors (Lipinski definition) is 8. The fourth-order valence-electron chi connectivity index (χ4n) is 7.71. The van der Waals surface area contributed by atoms with Gasteiger partial charge in [-0.25, -0.2) is 0 Å². The first kappa shape index (κ1) is 41.1. The maximum absolute atomic E-state index is 14.8. The average molecular weight is 845 g/mol. The molecule has 0 radical (unpaired) electrons. The molecule has 2 heterocycles. The van der Waals surface area contributed by atoms with Crippen molar-refractivity contribution in [3.63, 3.8) is 0 Å². The number of carbonyl (C=O) groups is 1. The quantitative estimate of drug-likeness (QED) is 0.0951. The molecule has 11 nitrogen and oxygen atoms in total. The molecule has 1 fully saturated rings. The second-order valence-electron chi connectivity index (χ2n) is 15.2. The summed E-state index contributed by atoms with van der Waals surface area (Å²) in [5.74, 6) is 0.403. The summed E-state index contributed by atoms with van der Waals surface area (Å²) in [4.78, 5) is 16.2. The van der Waals surface area contributed by atoms with Gasteiger partial charge in [0.15, 0.2) is 0 Å². The van der Waals surface area contributed by atoms with E-state index in [-0.39, 0.29) is 22.3 Å². The fourth-order valence-corrected chi connectivity index (χ4v) is 8.67. The van der Waals surface area contributed by atoms with Crippen molar-refractivity contribution in [2.75, 3.05) is 19.8 Å². The van der Waals surface area contributed by atoms with Crippen LogP contribution in [0, 0.1) is 0 Å². The van der Waals surface area contributed by atoms with E-state index in [4.69, 9.17) is 9.47 Å². The number of hydrogen-bond donors (Lipinski definition) is 3. The third-order valence-electron chi connectivity index (χ3n) is 11.0. The molecular formula is C47H44N2O9S2. The zero-order valence-electron chi connectivity index (χ0n) is 32.7. The van der Waals surface area contributed by atoms with Gasteiger partial charge >= 0.3 is 0 Å². The number of rotatable bonds is 14. The van der Waals surface area contributed by atoms with Crippen molar-refractivity contribution >= 4 is 26.1 Å². The number of amides is 1.